The number of nitrogens with zero attached hydrogens (tertiary/aromatic N) is 3. The molecule has 0 saturated heterocycles. The lowest BCUT2D eigenvalue weighted by molar-refractivity contribution is 0.340. The molecule has 4 rings (SSSR count). The molecule has 2 N–H and O–H groups in total. The van der Waals surface area contributed by atoms with Crippen LogP contribution in [0.15, 0.2) is 59.8 Å². The van der Waals surface area contributed by atoms with Crippen molar-refractivity contribution in [2.24, 2.45) is 5.10 Å². The fourth-order valence-electron chi connectivity index (χ4n) is 2.80. The molecule has 0 aliphatic rings. The van der Waals surface area contributed by atoms with E-state index in [1.54, 1.807) is 10.9 Å². The molecule has 0 aliphatic heterocycles. The monoisotopic (exact) mass is 363 g/mol. The van der Waals surface area contributed by atoms with Gasteiger partial charge in [0.05, 0.1) is 12.8 Å². The van der Waals surface area contributed by atoms with E-state index in [-0.39, 0.29) is 0 Å². The zero-order chi connectivity index (χ0) is 17.9. The second-order valence-corrected chi connectivity index (χ2v) is 6.05. The minimum Gasteiger partial charge on any atom is -0.494 e. The first-order valence-corrected chi connectivity index (χ1v) is 8.68. The van der Waals surface area contributed by atoms with Crippen LogP contribution in [0, 0.1) is 4.77 Å². The van der Waals surface area contributed by atoms with Crippen LogP contribution in [0.3, 0.4) is 0 Å². The average Bonchev–Trinajstić information content (AvgIpc) is 3.24. The highest BCUT2D eigenvalue weighted by molar-refractivity contribution is 7.71. The molecule has 0 aliphatic carbocycles. The lowest BCUT2D eigenvalue weighted by Crippen LogP contribution is -1.96. The summed E-state index contributed by atoms with van der Waals surface area (Å²) < 4.78 is 7.61. The molecule has 4 aromatic rings. The first-order valence-electron chi connectivity index (χ1n) is 8.27. The van der Waals surface area contributed by atoms with Gasteiger partial charge in [0.1, 0.15) is 5.75 Å². The van der Waals surface area contributed by atoms with Crippen molar-refractivity contribution in [3.05, 3.63) is 65.1 Å². The van der Waals surface area contributed by atoms with Crippen LogP contribution in [0.1, 0.15) is 12.5 Å². The van der Waals surface area contributed by atoms with Gasteiger partial charge in [-0.15, -0.1) is 0 Å². The summed E-state index contributed by atoms with van der Waals surface area (Å²) in [4.78, 5) is 3.23. The van der Waals surface area contributed by atoms with E-state index in [0.717, 1.165) is 27.8 Å². The summed E-state index contributed by atoms with van der Waals surface area (Å²) in [7, 11) is 0. The van der Waals surface area contributed by atoms with Gasteiger partial charge in [-0.3, -0.25) is 0 Å². The van der Waals surface area contributed by atoms with Crippen LogP contribution >= 0.6 is 12.2 Å². The van der Waals surface area contributed by atoms with Gasteiger partial charge < -0.3 is 9.72 Å². The fourth-order valence-corrected chi connectivity index (χ4v) is 2.98. The van der Waals surface area contributed by atoms with Crippen molar-refractivity contribution in [3.63, 3.8) is 0 Å². The number of H-pyrrole nitrogens is 2. The van der Waals surface area contributed by atoms with Gasteiger partial charge in [-0.2, -0.15) is 14.9 Å². The summed E-state index contributed by atoms with van der Waals surface area (Å²) in [5, 5.41) is 12.8. The van der Waals surface area contributed by atoms with Crippen molar-refractivity contribution >= 4 is 29.3 Å². The summed E-state index contributed by atoms with van der Waals surface area (Å²) in [6, 6.07) is 15.8. The van der Waals surface area contributed by atoms with Crippen molar-refractivity contribution in [1.82, 2.24) is 19.9 Å². The first kappa shape index (κ1) is 16.3. The van der Waals surface area contributed by atoms with Crippen molar-refractivity contribution in [2.75, 3.05) is 6.61 Å². The van der Waals surface area contributed by atoms with Gasteiger partial charge in [-0.1, -0.05) is 30.3 Å². The summed E-state index contributed by atoms with van der Waals surface area (Å²) in [5.74, 6) is 1.42. The highest BCUT2D eigenvalue weighted by Crippen LogP contribution is 2.23. The van der Waals surface area contributed by atoms with E-state index in [1.807, 2.05) is 61.7 Å². The van der Waals surface area contributed by atoms with Crippen molar-refractivity contribution in [1.29, 1.82) is 0 Å². The van der Waals surface area contributed by atoms with Gasteiger partial charge in [0.15, 0.2) is 5.82 Å². The number of hydrogen-bond acceptors (Lipinski definition) is 4. The maximum atomic E-state index is 5.57. The number of ether oxygens (including phenoxy) is 1. The van der Waals surface area contributed by atoms with Gasteiger partial charge in [0.2, 0.25) is 4.77 Å². The Balaban J connectivity index is 1.73. The standard InChI is InChI=1S/C19H17N5OS/c1-2-25-15-7-5-6-13(10-15)18-22-23-19(26)24(18)21-12-14-11-20-17-9-4-3-8-16(14)17/h3-12,20H,2H2,1H3,(H,23,26)/b21-12-. The molecule has 0 bridgehead atoms. The van der Waals surface area contributed by atoms with Crippen LogP contribution in [-0.4, -0.2) is 32.7 Å². The Morgan fingerprint density at radius 2 is 2.12 bits per heavy atom. The van der Waals surface area contributed by atoms with Crippen LogP contribution in [0.2, 0.25) is 0 Å². The summed E-state index contributed by atoms with van der Waals surface area (Å²) in [6.07, 6.45) is 3.70. The molecular formula is C19H17N5OS. The number of aromatic nitrogens is 4. The topological polar surface area (TPSA) is 71.0 Å². The highest BCUT2D eigenvalue weighted by Gasteiger charge is 2.09. The maximum Gasteiger partial charge on any atom is 0.216 e. The summed E-state index contributed by atoms with van der Waals surface area (Å²) in [5.41, 5.74) is 2.92. The van der Waals surface area contributed by atoms with Crippen LogP contribution in [0.25, 0.3) is 22.3 Å². The lowest BCUT2D eigenvalue weighted by atomic mass is 10.2. The van der Waals surface area contributed by atoms with Crippen LogP contribution in [0.5, 0.6) is 5.75 Å². The van der Waals surface area contributed by atoms with E-state index in [0.29, 0.717) is 17.2 Å². The Hall–Kier alpha value is -3.19. The van der Waals surface area contributed by atoms with E-state index in [9.17, 15) is 0 Å². The molecule has 0 amide bonds. The number of rotatable bonds is 5. The molecule has 0 fully saturated rings. The van der Waals surface area contributed by atoms with Gasteiger partial charge in [-0.05, 0) is 37.3 Å². The van der Waals surface area contributed by atoms with Crippen LogP contribution in [-0.2, 0) is 0 Å². The second kappa shape index (κ2) is 6.97. The molecule has 0 unspecified atom stereocenters. The molecule has 2 aromatic carbocycles. The number of para-hydroxylation sites is 1. The number of benzene rings is 2. The van der Waals surface area contributed by atoms with Gasteiger partial charge in [0, 0.05) is 28.2 Å². The van der Waals surface area contributed by atoms with Crippen molar-refractivity contribution < 1.29 is 4.74 Å². The van der Waals surface area contributed by atoms with Gasteiger partial charge in [0.25, 0.3) is 0 Å². The average molecular weight is 363 g/mol. The van der Waals surface area contributed by atoms with E-state index in [2.05, 4.69) is 20.3 Å². The largest absolute Gasteiger partial charge is 0.494 e. The Morgan fingerprint density at radius 1 is 1.23 bits per heavy atom. The van der Waals surface area contributed by atoms with Gasteiger partial charge >= 0.3 is 0 Å². The molecule has 0 radical (unpaired) electrons. The lowest BCUT2D eigenvalue weighted by Gasteiger charge is -2.05. The molecule has 0 saturated carbocycles. The Bertz CT molecular complexity index is 1140. The Morgan fingerprint density at radius 3 is 3.00 bits per heavy atom. The smallest absolute Gasteiger partial charge is 0.216 e. The molecule has 6 nitrogen and oxygen atoms in total. The van der Waals surface area contributed by atoms with E-state index in [4.69, 9.17) is 17.0 Å². The van der Waals surface area contributed by atoms with Gasteiger partial charge in [-0.25, -0.2) is 5.10 Å². The third-order valence-electron chi connectivity index (χ3n) is 3.99. The van der Waals surface area contributed by atoms with E-state index < -0.39 is 0 Å². The predicted octanol–water partition coefficient (Wildman–Crippen LogP) is 4.37. The maximum absolute atomic E-state index is 5.57. The quantitative estimate of drug-likeness (QED) is 0.408. The minimum atomic E-state index is 0.429. The molecule has 0 atom stereocenters. The Labute approximate surface area is 155 Å². The summed E-state index contributed by atoms with van der Waals surface area (Å²) in [6.45, 7) is 2.56. The number of nitrogens with one attached hydrogen (secondary N) is 2. The number of fused-ring (bicyclic) bond motifs is 1. The SMILES string of the molecule is CCOc1cccc(-c2n[nH]c(=S)n2/N=C\c2c[nH]c3ccccc23)c1. The molecular weight excluding hydrogens is 346 g/mol. The first-order chi connectivity index (χ1) is 12.8. The zero-order valence-electron chi connectivity index (χ0n) is 14.1. The van der Waals surface area contributed by atoms with E-state index in [1.165, 1.54) is 0 Å². The normalized spacial score (nSPS) is 11.4. The Kier molecular flexibility index (Phi) is 4.37. The molecule has 2 aromatic heterocycles. The van der Waals surface area contributed by atoms with Crippen molar-refractivity contribution in [2.45, 2.75) is 6.92 Å². The number of aromatic amines is 2. The molecule has 2 heterocycles. The van der Waals surface area contributed by atoms with Crippen molar-refractivity contribution in [3.8, 4) is 17.1 Å². The predicted molar refractivity (Wildman–Crippen MR) is 105 cm³/mol. The fraction of sp³-hybridized carbons (Fsp3) is 0.105. The van der Waals surface area contributed by atoms with Crippen LogP contribution < -0.4 is 4.74 Å². The third kappa shape index (κ3) is 3.04. The zero-order valence-corrected chi connectivity index (χ0v) is 15.0. The molecule has 0 spiro atoms. The van der Waals surface area contributed by atoms with E-state index >= 15 is 0 Å². The number of hydrogen-bond donors (Lipinski definition) is 2. The minimum absolute atomic E-state index is 0.429. The third-order valence-corrected chi connectivity index (χ3v) is 4.25. The summed E-state index contributed by atoms with van der Waals surface area (Å²) >= 11 is 5.34. The second-order valence-electron chi connectivity index (χ2n) is 5.66. The molecule has 130 valence electrons. The highest BCUT2D eigenvalue weighted by atomic mass is 32.1. The molecule has 7 heteroatoms. The van der Waals surface area contributed by atoms with Crippen LogP contribution in [0.4, 0.5) is 0 Å². The molecule has 26 heavy (non-hydrogen) atoms.